The number of amides is 2. The highest BCUT2D eigenvalue weighted by Gasteiger charge is 2.51. The van der Waals surface area contributed by atoms with Gasteiger partial charge < -0.3 is 4.90 Å². The largest absolute Gasteiger partial charge is 0.342 e. The number of hydrazine groups is 1. The molecule has 4 aliphatic rings. The third-order valence-corrected chi connectivity index (χ3v) is 9.26. The molecule has 1 saturated carbocycles. The molecule has 194 valence electrons. The van der Waals surface area contributed by atoms with Gasteiger partial charge in [0, 0.05) is 39.3 Å². The Labute approximate surface area is 216 Å². The van der Waals surface area contributed by atoms with Gasteiger partial charge in [-0.1, -0.05) is 0 Å². The van der Waals surface area contributed by atoms with Crippen molar-refractivity contribution in [1.29, 1.82) is 5.26 Å². The number of fused-ring (bicyclic) bond motifs is 1. The second kappa shape index (κ2) is 9.39. The number of aliphatic imine (C=N–C) groups is 2. The Morgan fingerprint density at radius 3 is 2.51 bits per heavy atom. The molecule has 0 radical (unpaired) electrons. The van der Waals surface area contributed by atoms with Crippen LogP contribution in [0.4, 0.5) is 5.69 Å². The van der Waals surface area contributed by atoms with Gasteiger partial charge in [-0.2, -0.15) is 5.26 Å². The highest BCUT2D eigenvalue weighted by atomic mass is 32.2. The molecular weight excluding hydrogens is 494 g/mol. The molecule has 0 aromatic heterocycles. The summed E-state index contributed by atoms with van der Waals surface area (Å²) in [6.07, 6.45) is 6.48. The van der Waals surface area contributed by atoms with E-state index >= 15 is 0 Å². The molecule has 1 aliphatic carbocycles. The summed E-state index contributed by atoms with van der Waals surface area (Å²) >= 11 is 0. The van der Waals surface area contributed by atoms with Crippen LogP contribution in [0, 0.1) is 23.2 Å². The lowest BCUT2D eigenvalue weighted by Gasteiger charge is -2.47. The van der Waals surface area contributed by atoms with Gasteiger partial charge in [0.1, 0.15) is 11.8 Å². The van der Waals surface area contributed by atoms with Gasteiger partial charge in [0.2, 0.25) is 15.9 Å². The van der Waals surface area contributed by atoms with Gasteiger partial charge in [0.15, 0.2) is 0 Å². The van der Waals surface area contributed by atoms with E-state index < -0.39 is 21.5 Å². The molecule has 2 amide bonds. The fourth-order valence-corrected chi connectivity index (χ4v) is 5.97. The van der Waals surface area contributed by atoms with Crippen LogP contribution in [0.1, 0.15) is 32.1 Å². The summed E-state index contributed by atoms with van der Waals surface area (Å²) in [4.78, 5) is 36.1. The Kier molecular flexibility index (Phi) is 6.37. The van der Waals surface area contributed by atoms with Gasteiger partial charge in [0.05, 0.1) is 34.3 Å². The molecule has 1 atom stereocenters. The number of sulfonamides is 1. The molecule has 11 nitrogen and oxygen atoms in total. The van der Waals surface area contributed by atoms with Crippen LogP contribution in [0.5, 0.6) is 0 Å². The van der Waals surface area contributed by atoms with Crippen LogP contribution in [-0.2, 0) is 19.6 Å². The van der Waals surface area contributed by atoms with Crippen molar-refractivity contribution in [1.82, 2.24) is 19.6 Å². The lowest BCUT2D eigenvalue weighted by molar-refractivity contribution is -0.135. The number of amidine groups is 1. The lowest BCUT2D eigenvalue weighted by Crippen LogP contribution is -2.58. The maximum atomic E-state index is 12.9. The van der Waals surface area contributed by atoms with Crippen molar-refractivity contribution in [2.45, 2.75) is 42.5 Å². The molecule has 1 N–H and O–H groups in total. The van der Waals surface area contributed by atoms with Gasteiger partial charge in [-0.15, -0.1) is 0 Å². The lowest BCUT2D eigenvalue weighted by atomic mass is 9.83. The van der Waals surface area contributed by atoms with Crippen LogP contribution < -0.4 is 5.43 Å². The minimum Gasteiger partial charge on any atom is -0.342 e. The number of nitrogens with zero attached hydrogens (tertiary/aromatic N) is 6. The van der Waals surface area contributed by atoms with Crippen molar-refractivity contribution in [2.24, 2.45) is 21.8 Å². The van der Waals surface area contributed by atoms with Crippen LogP contribution >= 0.6 is 0 Å². The Balaban J connectivity index is 1.44. The third kappa shape index (κ3) is 4.53. The van der Waals surface area contributed by atoms with Gasteiger partial charge in [-0.3, -0.25) is 20.0 Å². The number of dihydropyridines is 1. The molecule has 5 rings (SSSR count). The molecule has 3 aliphatic heterocycles. The molecule has 1 aromatic rings. The molecule has 3 fully saturated rings. The van der Waals surface area contributed by atoms with Gasteiger partial charge in [0.25, 0.3) is 5.91 Å². The van der Waals surface area contributed by atoms with E-state index in [0.29, 0.717) is 43.2 Å². The molecule has 1 unspecified atom stereocenters. The number of carbonyl (C=O) groups is 2. The average molecular weight is 524 g/mol. The smallest absolute Gasteiger partial charge is 0.262 e. The highest BCUT2D eigenvalue weighted by molar-refractivity contribution is 7.89. The summed E-state index contributed by atoms with van der Waals surface area (Å²) < 4.78 is 25.9. The predicted octanol–water partition coefficient (Wildman–Crippen LogP) is 1.58. The van der Waals surface area contributed by atoms with Crippen molar-refractivity contribution >= 4 is 39.6 Å². The number of carbonyl (C=O) groups excluding carboxylic acids is 2. The molecule has 1 aromatic carbocycles. The normalized spacial score (nSPS) is 24.1. The first-order chi connectivity index (χ1) is 17.7. The number of hydrogen-bond donors (Lipinski definition) is 1. The standard InChI is InChI=1S/C25H29N7O4S/c1-30(2)37(35,36)19-7-5-18(6-8-19)28-22-21-20(9-14-27-23(21)33)32(29-22)25(10-13-26)11-15-31(16-12-25)24(34)17-3-4-17/h5-9,14,17,21H,3-4,10-12,15-16H2,1-2H3,(H,28,29). The van der Waals surface area contributed by atoms with Gasteiger partial charge >= 0.3 is 0 Å². The van der Waals surface area contributed by atoms with Crippen LogP contribution in [0.2, 0.25) is 0 Å². The first-order valence-corrected chi connectivity index (χ1v) is 13.7. The van der Waals surface area contributed by atoms with Crippen LogP contribution in [0.15, 0.2) is 50.9 Å². The van der Waals surface area contributed by atoms with Crippen molar-refractivity contribution in [2.75, 3.05) is 27.2 Å². The van der Waals surface area contributed by atoms with E-state index in [4.69, 9.17) is 0 Å². The highest BCUT2D eigenvalue weighted by Crippen LogP contribution is 2.41. The number of piperidine rings is 1. The predicted molar refractivity (Wildman–Crippen MR) is 136 cm³/mol. The molecule has 0 bridgehead atoms. The third-order valence-electron chi connectivity index (χ3n) is 7.43. The number of benzene rings is 1. The maximum absolute atomic E-state index is 12.9. The van der Waals surface area contributed by atoms with Crippen LogP contribution in [0.25, 0.3) is 0 Å². The summed E-state index contributed by atoms with van der Waals surface area (Å²) in [5.74, 6) is -0.419. The van der Waals surface area contributed by atoms with Crippen molar-refractivity contribution in [3.63, 3.8) is 0 Å². The van der Waals surface area contributed by atoms with E-state index in [0.717, 1.165) is 17.1 Å². The number of allylic oxidation sites excluding steroid dienone is 1. The van der Waals surface area contributed by atoms with Crippen molar-refractivity contribution < 1.29 is 18.0 Å². The SMILES string of the molecule is CN(C)S(=O)(=O)c1ccc(N=C2NN(C3(CC#N)CCN(C(=O)C4CC4)CC3)C3=CC=NC(=O)C32)cc1. The Morgan fingerprint density at radius 1 is 1.24 bits per heavy atom. The van der Waals surface area contributed by atoms with E-state index in [9.17, 15) is 23.3 Å². The number of nitrogens with one attached hydrogen (secondary N) is 1. The summed E-state index contributed by atoms with van der Waals surface area (Å²) in [5, 5.41) is 11.6. The van der Waals surface area contributed by atoms with Crippen molar-refractivity contribution in [3.05, 3.63) is 36.0 Å². The van der Waals surface area contributed by atoms with Crippen molar-refractivity contribution in [3.8, 4) is 6.07 Å². The number of nitriles is 1. The minimum absolute atomic E-state index is 0.141. The first-order valence-electron chi connectivity index (χ1n) is 12.3. The number of likely N-dealkylation sites (tertiary alicyclic amines) is 1. The molecule has 2 saturated heterocycles. The fourth-order valence-electron chi connectivity index (χ4n) is 5.07. The second-order valence-electron chi connectivity index (χ2n) is 10.0. The molecule has 3 heterocycles. The van der Waals surface area contributed by atoms with Crippen LogP contribution in [0.3, 0.4) is 0 Å². The molecule has 0 spiro atoms. The minimum atomic E-state index is -3.58. The first kappa shape index (κ1) is 25.1. The summed E-state index contributed by atoms with van der Waals surface area (Å²) in [5.41, 5.74) is 3.81. The number of hydrogen-bond acceptors (Lipinski definition) is 7. The monoisotopic (exact) mass is 523 g/mol. The van der Waals surface area contributed by atoms with E-state index in [1.165, 1.54) is 32.4 Å². The van der Waals surface area contributed by atoms with E-state index in [2.05, 4.69) is 21.5 Å². The molecule has 12 heteroatoms. The zero-order valence-electron chi connectivity index (χ0n) is 20.8. The zero-order valence-corrected chi connectivity index (χ0v) is 21.6. The molecule has 37 heavy (non-hydrogen) atoms. The summed E-state index contributed by atoms with van der Waals surface area (Å²) in [6, 6.07) is 8.42. The summed E-state index contributed by atoms with van der Waals surface area (Å²) in [7, 11) is -0.648. The van der Waals surface area contributed by atoms with E-state index in [1.807, 2.05) is 9.91 Å². The second-order valence-corrected chi connectivity index (χ2v) is 12.2. The summed E-state index contributed by atoms with van der Waals surface area (Å²) in [6.45, 7) is 1.09. The Hall–Kier alpha value is -3.56. The van der Waals surface area contributed by atoms with E-state index in [-0.39, 0.29) is 29.0 Å². The fraction of sp³-hybridized carbons (Fsp3) is 0.480. The number of rotatable bonds is 6. The maximum Gasteiger partial charge on any atom is 0.262 e. The Bertz CT molecular complexity index is 1350. The zero-order chi connectivity index (χ0) is 26.4. The Morgan fingerprint density at radius 2 is 1.92 bits per heavy atom. The van der Waals surface area contributed by atoms with Crippen LogP contribution in [-0.4, -0.2) is 79.2 Å². The molecular formula is C25H29N7O4S. The topological polar surface area (TPSA) is 139 Å². The van der Waals surface area contributed by atoms with Gasteiger partial charge in [-0.25, -0.2) is 22.7 Å². The van der Waals surface area contributed by atoms with E-state index in [1.54, 1.807) is 18.2 Å². The quantitative estimate of drug-likeness (QED) is 0.597. The average Bonchev–Trinajstić information content (AvgIpc) is 3.66. The van der Waals surface area contributed by atoms with Gasteiger partial charge in [-0.05, 0) is 56.0 Å².